The summed E-state index contributed by atoms with van der Waals surface area (Å²) in [4.78, 5) is 0. The van der Waals surface area contributed by atoms with E-state index in [9.17, 15) is 8.42 Å². The van der Waals surface area contributed by atoms with Crippen LogP contribution in [0.5, 0.6) is 0 Å². The molecule has 20 heavy (non-hydrogen) atoms. The van der Waals surface area contributed by atoms with E-state index in [0.29, 0.717) is 5.02 Å². The van der Waals surface area contributed by atoms with E-state index in [4.69, 9.17) is 11.6 Å². The van der Waals surface area contributed by atoms with Crippen LogP contribution in [0.2, 0.25) is 5.02 Å². The van der Waals surface area contributed by atoms with Gasteiger partial charge in [-0.05, 0) is 41.5 Å². The largest absolute Gasteiger partial charge is 0.224 e. The molecule has 0 saturated carbocycles. The average Bonchev–Trinajstić information content (AvgIpc) is 2.41. The number of rotatable bonds is 4. The molecule has 5 heteroatoms. The first-order valence-electron chi connectivity index (χ1n) is 5.85. The van der Waals surface area contributed by atoms with Gasteiger partial charge in [-0.15, -0.1) is 0 Å². The summed E-state index contributed by atoms with van der Waals surface area (Å²) in [5, 5.41) is 1.83. The zero-order valence-corrected chi connectivity index (χ0v) is 13.6. The van der Waals surface area contributed by atoms with Crippen LogP contribution in [0.4, 0.5) is 0 Å². The van der Waals surface area contributed by atoms with Crippen molar-refractivity contribution >= 4 is 43.4 Å². The average molecular weight is 372 g/mol. The van der Waals surface area contributed by atoms with Gasteiger partial charge in [0.15, 0.2) is 9.84 Å². The quantitative estimate of drug-likeness (QED) is 0.781. The molecule has 0 aliphatic heterocycles. The molecule has 0 atom stereocenters. The van der Waals surface area contributed by atoms with E-state index < -0.39 is 9.84 Å². The second kappa shape index (κ2) is 6.57. The van der Waals surface area contributed by atoms with Crippen molar-refractivity contribution < 1.29 is 8.42 Å². The second-order valence-corrected chi connectivity index (χ2v) is 7.53. The fourth-order valence-electron chi connectivity index (χ4n) is 1.62. The van der Waals surface area contributed by atoms with Gasteiger partial charge in [0.25, 0.3) is 0 Å². The molecule has 0 aliphatic carbocycles. The lowest BCUT2D eigenvalue weighted by Gasteiger charge is -2.00. The molecule has 0 saturated heterocycles. The predicted molar refractivity (Wildman–Crippen MR) is 87.3 cm³/mol. The Balaban J connectivity index is 2.11. The number of halogens is 2. The van der Waals surface area contributed by atoms with Crippen molar-refractivity contribution in [2.24, 2.45) is 0 Å². The third kappa shape index (κ3) is 4.78. The Morgan fingerprint density at radius 1 is 1.00 bits per heavy atom. The predicted octanol–water partition coefficient (Wildman–Crippen LogP) is 4.69. The Morgan fingerprint density at radius 2 is 1.60 bits per heavy atom. The van der Waals surface area contributed by atoms with Crippen LogP contribution in [0.3, 0.4) is 0 Å². The van der Waals surface area contributed by atoms with Crippen molar-refractivity contribution in [3.05, 3.63) is 74.6 Å². The van der Waals surface area contributed by atoms with Crippen LogP contribution in [0.1, 0.15) is 11.1 Å². The topological polar surface area (TPSA) is 34.1 Å². The van der Waals surface area contributed by atoms with Gasteiger partial charge in [-0.25, -0.2) is 8.42 Å². The number of sulfone groups is 1. The van der Waals surface area contributed by atoms with E-state index >= 15 is 0 Å². The summed E-state index contributed by atoms with van der Waals surface area (Å²) < 4.78 is 24.9. The maximum Gasteiger partial charge on any atom is 0.175 e. The van der Waals surface area contributed by atoms with Crippen LogP contribution >= 0.6 is 27.5 Å². The van der Waals surface area contributed by atoms with Crippen LogP contribution < -0.4 is 0 Å². The molecule has 0 heterocycles. The normalized spacial score (nSPS) is 11.9. The highest BCUT2D eigenvalue weighted by Crippen LogP contribution is 2.15. The van der Waals surface area contributed by atoms with E-state index in [-0.39, 0.29) is 5.75 Å². The first kappa shape index (κ1) is 15.3. The lowest BCUT2D eigenvalue weighted by atomic mass is 10.2. The molecule has 2 rings (SSSR count). The Hall–Kier alpha value is -1.10. The molecular formula is C15H12BrClO2S. The highest BCUT2D eigenvalue weighted by Gasteiger charge is 2.07. The number of benzene rings is 2. The van der Waals surface area contributed by atoms with Crippen molar-refractivity contribution in [3.8, 4) is 0 Å². The van der Waals surface area contributed by atoms with Crippen LogP contribution in [-0.4, -0.2) is 8.42 Å². The van der Waals surface area contributed by atoms with Crippen molar-refractivity contribution in [1.29, 1.82) is 0 Å². The molecule has 0 amide bonds. The monoisotopic (exact) mass is 370 g/mol. The lowest BCUT2D eigenvalue weighted by molar-refractivity contribution is 0.604. The zero-order valence-electron chi connectivity index (χ0n) is 10.5. The number of hydrogen-bond donors (Lipinski definition) is 0. The van der Waals surface area contributed by atoms with Gasteiger partial charge in [0.05, 0.1) is 5.75 Å². The van der Waals surface area contributed by atoms with Gasteiger partial charge in [0.1, 0.15) is 0 Å². The minimum atomic E-state index is -3.29. The Labute approximate surface area is 132 Å². The van der Waals surface area contributed by atoms with E-state index in [0.717, 1.165) is 15.6 Å². The third-order valence-electron chi connectivity index (χ3n) is 2.62. The minimum absolute atomic E-state index is 0.0306. The molecule has 2 aromatic carbocycles. The van der Waals surface area contributed by atoms with E-state index in [1.54, 1.807) is 30.3 Å². The summed E-state index contributed by atoms with van der Waals surface area (Å²) >= 11 is 9.10. The fourth-order valence-corrected chi connectivity index (χ4v) is 3.13. The van der Waals surface area contributed by atoms with Gasteiger partial charge in [0, 0.05) is 14.9 Å². The lowest BCUT2D eigenvalue weighted by Crippen LogP contribution is -1.99. The van der Waals surface area contributed by atoms with E-state index in [2.05, 4.69) is 15.9 Å². The van der Waals surface area contributed by atoms with Crippen molar-refractivity contribution in [1.82, 2.24) is 0 Å². The van der Waals surface area contributed by atoms with Gasteiger partial charge in [-0.1, -0.05) is 51.8 Å². The fraction of sp³-hybridized carbons (Fsp3) is 0.0667. The molecule has 0 radical (unpaired) electrons. The van der Waals surface area contributed by atoms with Crippen LogP contribution in [-0.2, 0) is 15.6 Å². The third-order valence-corrected chi connectivity index (χ3v) is 4.69. The molecule has 0 aliphatic rings. The van der Waals surface area contributed by atoms with Crippen LogP contribution in [0, 0.1) is 0 Å². The summed E-state index contributed by atoms with van der Waals surface area (Å²) in [6, 6.07) is 14.2. The summed E-state index contributed by atoms with van der Waals surface area (Å²) in [6.45, 7) is 0. The standard InChI is InChI=1S/C15H12BrClO2S/c16-14-5-1-12(2-6-14)9-10-20(18,19)11-13-3-7-15(17)8-4-13/h1-10H,11H2/b10-9-. The minimum Gasteiger partial charge on any atom is -0.224 e. The molecule has 0 bridgehead atoms. The molecule has 0 N–H and O–H groups in total. The molecule has 104 valence electrons. The summed E-state index contributed by atoms with van der Waals surface area (Å²) in [5.74, 6) is -0.0306. The molecule has 0 spiro atoms. The van der Waals surface area contributed by atoms with Crippen LogP contribution in [0.15, 0.2) is 58.4 Å². The van der Waals surface area contributed by atoms with Crippen molar-refractivity contribution in [3.63, 3.8) is 0 Å². The van der Waals surface area contributed by atoms with Gasteiger partial charge in [-0.3, -0.25) is 0 Å². The molecule has 0 unspecified atom stereocenters. The zero-order chi connectivity index (χ0) is 14.6. The molecular weight excluding hydrogens is 360 g/mol. The van der Waals surface area contributed by atoms with Crippen molar-refractivity contribution in [2.45, 2.75) is 5.75 Å². The first-order chi connectivity index (χ1) is 9.44. The van der Waals surface area contributed by atoms with Crippen LogP contribution in [0.25, 0.3) is 6.08 Å². The second-order valence-electron chi connectivity index (χ2n) is 4.29. The smallest absolute Gasteiger partial charge is 0.175 e. The Bertz CT molecular complexity index is 705. The Morgan fingerprint density at radius 3 is 2.20 bits per heavy atom. The summed E-state index contributed by atoms with van der Waals surface area (Å²) in [5.41, 5.74) is 1.56. The first-order valence-corrected chi connectivity index (χ1v) is 8.74. The maximum absolute atomic E-state index is 12.0. The number of hydrogen-bond acceptors (Lipinski definition) is 2. The molecule has 2 aromatic rings. The highest BCUT2D eigenvalue weighted by molar-refractivity contribution is 9.10. The van der Waals surface area contributed by atoms with Gasteiger partial charge < -0.3 is 0 Å². The molecule has 0 aromatic heterocycles. The Kier molecular flexibility index (Phi) is 5.02. The summed E-state index contributed by atoms with van der Waals surface area (Å²) in [6.07, 6.45) is 1.59. The van der Waals surface area contributed by atoms with Gasteiger partial charge in [-0.2, -0.15) is 0 Å². The SMILES string of the molecule is O=S(=O)(/C=C\c1ccc(Br)cc1)Cc1ccc(Cl)cc1. The maximum atomic E-state index is 12.0. The van der Waals surface area contributed by atoms with Crippen molar-refractivity contribution in [2.75, 3.05) is 0 Å². The van der Waals surface area contributed by atoms with E-state index in [1.807, 2.05) is 24.3 Å². The van der Waals surface area contributed by atoms with Gasteiger partial charge in [0.2, 0.25) is 0 Å². The molecule has 2 nitrogen and oxygen atoms in total. The highest BCUT2D eigenvalue weighted by atomic mass is 79.9. The summed E-state index contributed by atoms with van der Waals surface area (Å²) in [7, 11) is -3.29. The molecule has 0 fully saturated rings. The van der Waals surface area contributed by atoms with E-state index in [1.165, 1.54) is 5.41 Å². The van der Waals surface area contributed by atoms with Gasteiger partial charge >= 0.3 is 0 Å².